The van der Waals surface area contributed by atoms with Crippen molar-refractivity contribution >= 4 is 49.8 Å². The summed E-state index contributed by atoms with van der Waals surface area (Å²) in [7, 11) is -3.33. The first kappa shape index (κ1) is 19.7. The van der Waals surface area contributed by atoms with Crippen molar-refractivity contribution in [2.45, 2.75) is 25.1 Å². The molecule has 1 amide bonds. The second-order valence-corrected chi connectivity index (χ2v) is 9.87. The fraction of sp³-hybridized carbons (Fsp3) is 0.400. The summed E-state index contributed by atoms with van der Waals surface area (Å²) in [6.07, 6.45) is 0. The summed E-state index contributed by atoms with van der Waals surface area (Å²) in [6, 6.07) is 6.20. The van der Waals surface area contributed by atoms with E-state index in [-0.39, 0.29) is 11.7 Å². The molecule has 10 heteroatoms. The Labute approximate surface area is 155 Å². The predicted octanol–water partition coefficient (Wildman–Crippen LogP) is 3.30. The highest BCUT2D eigenvalue weighted by atomic mass is 32.2. The van der Waals surface area contributed by atoms with Crippen LogP contribution in [0.2, 0.25) is 0 Å². The van der Waals surface area contributed by atoms with Crippen LogP contribution >= 0.6 is 23.1 Å². The number of benzene rings is 1. The second-order valence-electron chi connectivity index (χ2n) is 5.61. The average Bonchev–Trinajstić information content (AvgIpc) is 3.00. The summed E-state index contributed by atoms with van der Waals surface area (Å²) in [5.74, 6) is 1.17. The zero-order chi connectivity index (χ0) is 18.4. The highest BCUT2D eigenvalue weighted by molar-refractivity contribution is 8.01. The van der Waals surface area contributed by atoms with E-state index < -0.39 is 10.0 Å². The van der Waals surface area contributed by atoms with Crippen molar-refractivity contribution in [2.24, 2.45) is 5.92 Å². The first-order chi connectivity index (χ1) is 11.8. The molecule has 1 heterocycles. The lowest BCUT2D eigenvalue weighted by atomic mass is 10.2. The van der Waals surface area contributed by atoms with Gasteiger partial charge < -0.3 is 0 Å². The van der Waals surface area contributed by atoms with Gasteiger partial charge in [0.25, 0.3) is 5.91 Å². The summed E-state index contributed by atoms with van der Waals surface area (Å²) in [5, 5.41) is 11.1. The molecule has 0 saturated heterocycles. The molecule has 1 aromatic carbocycles. The van der Waals surface area contributed by atoms with Gasteiger partial charge in [0.2, 0.25) is 15.2 Å². The van der Waals surface area contributed by atoms with E-state index in [1.54, 1.807) is 43.0 Å². The summed E-state index contributed by atoms with van der Waals surface area (Å²) >= 11 is 2.94. The van der Waals surface area contributed by atoms with Crippen LogP contribution in [0.25, 0.3) is 0 Å². The number of anilines is 2. The monoisotopic (exact) mass is 400 g/mol. The van der Waals surface area contributed by atoms with Crippen LogP contribution in [0.15, 0.2) is 28.6 Å². The minimum absolute atomic E-state index is 0.0105. The summed E-state index contributed by atoms with van der Waals surface area (Å²) in [5.41, 5.74) is 0.827. The number of amides is 1. The van der Waals surface area contributed by atoms with Gasteiger partial charge in [-0.2, -0.15) is 0 Å². The number of carbonyl (C=O) groups is 1. The number of aromatic nitrogens is 2. The van der Waals surface area contributed by atoms with Crippen LogP contribution in [-0.2, 0) is 10.0 Å². The van der Waals surface area contributed by atoms with Crippen LogP contribution in [0.4, 0.5) is 10.8 Å². The number of hydrogen-bond acceptors (Lipinski definition) is 7. The number of hydrogen-bond donors (Lipinski definition) is 2. The van der Waals surface area contributed by atoms with E-state index in [1.807, 2.05) is 0 Å². The first-order valence-corrected chi connectivity index (χ1v) is 11.1. The minimum Gasteiger partial charge on any atom is -0.296 e. The van der Waals surface area contributed by atoms with Gasteiger partial charge in [0.15, 0.2) is 4.34 Å². The lowest BCUT2D eigenvalue weighted by molar-refractivity contribution is 0.102. The number of carbonyl (C=O) groups excluding carboxylic acids is 1. The smallest absolute Gasteiger partial charge is 0.257 e. The maximum absolute atomic E-state index is 12.2. The van der Waals surface area contributed by atoms with Crippen LogP contribution < -0.4 is 10.0 Å². The standard InChI is InChI=1S/C15H20N4O3S3/c1-4-25(21,22)19-12-7-5-11(6-8-12)13(20)16-14-17-18-15(24-14)23-9-10(2)3/h5-8,10,19H,4,9H2,1-3H3,(H,16,17,20). The molecule has 0 aliphatic rings. The van der Waals surface area contributed by atoms with Crippen molar-refractivity contribution < 1.29 is 13.2 Å². The Kier molecular flexibility index (Phi) is 6.79. The maximum Gasteiger partial charge on any atom is 0.257 e. The molecular weight excluding hydrogens is 380 g/mol. The molecular formula is C15H20N4O3S3. The van der Waals surface area contributed by atoms with E-state index >= 15 is 0 Å². The fourth-order valence-corrected chi connectivity index (χ4v) is 4.03. The third-order valence-electron chi connectivity index (χ3n) is 2.97. The van der Waals surface area contributed by atoms with E-state index in [1.165, 1.54) is 11.3 Å². The molecule has 0 saturated carbocycles. The van der Waals surface area contributed by atoms with Gasteiger partial charge in [0.05, 0.1) is 5.75 Å². The molecule has 0 fully saturated rings. The molecule has 2 rings (SSSR count). The van der Waals surface area contributed by atoms with Gasteiger partial charge in [-0.05, 0) is 37.1 Å². The van der Waals surface area contributed by atoms with Gasteiger partial charge in [-0.3, -0.25) is 14.8 Å². The number of thioether (sulfide) groups is 1. The number of rotatable bonds is 8. The zero-order valence-electron chi connectivity index (χ0n) is 14.1. The van der Waals surface area contributed by atoms with E-state index in [0.717, 1.165) is 10.1 Å². The van der Waals surface area contributed by atoms with Crippen molar-refractivity contribution in [3.8, 4) is 0 Å². The van der Waals surface area contributed by atoms with Crippen molar-refractivity contribution in [2.75, 3.05) is 21.5 Å². The largest absolute Gasteiger partial charge is 0.296 e. The third kappa shape index (κ3) is 6.29. The number of sulfonamides is 1. The summed E-state index contributed by atoms with van der Waals surface area (Å²) in [4.78, 5) is 12.2. The molecule has 0 unspecified atom stereocenters. The van der Waals surface area contributed by atoms with Crippen LogP contribution in [-0.4, -0.2) is 36.0 Å². The predicted molar refractivity (Wildman–Crippen MR) is 103 cm³/mol. The average molecular weight is 401 g/mol. The molecule has 2 aromatic rings. The molecule has 0 bridgehead atoms. The van der Waals surface area contributed by atoms with Gasteiger partial charge in [-0.15, -0.1) is 10.2 Å². The zero-order valence-corrected chi connectivity index (χ0v) is 16.6. The van der Waals surface area contributed by atoms with E-state index in [0.29, 0.717) is 22.3 Å². The minimum atomic E-state index is -3.33. The van der Waals surface area contributed by atoms with E-state index in [9.17, 15) is 13.2 Å². The molecule has 2 N–H and O–H groups in total. The Hall–Kier alpha value is -1.65. The van der Waals surface area contributed by atoms with Crippen molar-refractivity contribution in [3.05, 3.63) is 29.8 Å². The molecule has 0 spiro atoms. The number of nitrogens with one attached hydrogen (secondary N) is 2. The molecule has 0 radical (unpaired) electrons. The Balaban J connectivity index is 1.97. The first-order valence-electron chi connectivity index (χ1n) is 7.67. The quantitative estimate of drug-likeness (QED) is 0.521. The highest BCUT2D eigenvalue weighted by Gasteiger charge is 2.12. The van der Waals surface area contributed by atoms with Crippen molar-refractivity contribution in [3.63, 3.8) is 0 Å². The Bertz CT molecular complexity index is 817. The molecule has 0 atom stereocenters. The summed E-state index contributed by atoms with van der Waals surface area (Å²) < 4.78 is 26.3. The fourth-order valence-electron chi connectivity index (χ4n) is 1.67. The Morgan fingerprint density at radius 1 is 1.24 bits per heavy atom. The maximum atomic E-state index is 12.2. The molecule has 136 valence electrons. The van der Waals surface area contributed by atoms with Crippen molar-refractivity contribution in [1.29, 1.82) is 0 Å². The SMILES string of the molecule is CCS(=O)(=O)Nc1ccc(C(=O)Nc2nnc(SCC(C)C)s2)cc1. The van der Waals surface area contributed by atoms with Crippen LogP contribution in [0.5, 0.6) is 0 Å². The topological polar surface area (TPSA) is 101 Å². The highest BCUT2D eigenvalue weighted by Crippen LogP contribution is 2.27. The van der Waals surface area contributed by atoms with E-state index in [4.69, 9.17) is 0 Å². The normalized spacial score (nSPS) is 11.5. The number of nitrogens with zero attached hydrogens (tertiary/aromatic N) is 2. The Morgan fingerprint density at radius 3 is 2.52 bits per heavy atom. The van der Waals surface area contributed by atoms with Gasteiger partial charge in [0, 0.05) is 17.0 Å². The second kappa shape index (κ2) is 8.63. The van der Waals surface area contributed by atoms with E-state index in [2.05, 4.69) is 34.1 Å². The molecule has 7 nitrogen and oxygen atoms in total. The van der Waals surface area contributed by atoms with Gasteiger partial charge in [-0.1, -0.05) is 36.9 Å². The van der Waals surface area contributed by atoms with Gasteiger partial charge >= 0.3 is 0 Å². The molecule has 25 heavy (non-hydrogen) atoms. The van der Waals surface area contributed by atoms with Crippen LogP contribution in [0.3, 0.4) is 0 Å². The van der Waals surface area contributed by atoms with Crippen LogP contribution in [0, 0.1) is 5.92 Å². The lowest BCUT2D eigenvalue weighted by Crippen LogP contribution is -2.15. The van der Waals surface area contributed by atoms with Gasteiger partial charge in [-0.25, -0.2) is 8.42 Å². The Morgan fingerprint density at radius 2 is 1.92 bits per heavy atom. The van der Waals surface area contributed by atoms with Gasteiger partial charge in [0.1, 0.15) is 0 Å². The third-order valence-corrected chi connectivity index (χ3v) is 6.67. The molecule has 1 aromatic heterocycles. The molecule has 0 aliphatic carbocycles. The lowest BCUT2D eigenvalue weighted by Gasteiger charge is -2.06. The molecule has 0 aliphatic heterocycles. The van der Waals surface area contributed by atoms with Crippen molar-refractivity contribution in [1.82, 2.24) is 10.2 Å². The summed E-state index contributed by atoms with van der Waals surface area (Å²) in [6.45, 7) is 5.81. The van der Waals surface area contributed by atoms with Crippen LogP contribution in [0.1, 0.15) is 31.1 Å².